The molecule has 3 amide bonds. The lowest BCUT2D eigenvalue weighted by molar-refractivity contribution is -0.137. The molecule has 150 valence electrons. The van der Waals surface area contributed by atoms with Crippen LogP contribution in [0.2, 0.25) is 0 Å². The van der Waals surface area contributed by atoms with Gasteiger partial charge in [0.25, 0.3) is 0 Å². The molecule has 6 nitrogen and oxygen atoms in total. The van der Waals surface area contributed by atoms with Crippen LogP contribution in [0, 0.1) is 5.82 Å². The molecule has 0 aliphatic heterocycles. The van der Waals surface area contributed by atoms with Crippen molar-refractivity contribution >= 4 is 17.6 Å². The Morgan fingerprint density at radius 2 is 1.75 bits per heavy atom. The Morgan fingerprint density at radius 3 is 2.46 bits per heavy atom. The van der Waals surface area contributed by atoms with Gasteiger partial charge in [-0.2, -0.15) is 13.2 Å². The van der Waals surface area contributed by atoms with Gasteiger partial charge in [0.1, 0.15) is 24.7 Å². The van der Waals surface area contributed by atoms with Gasteiger partial charge in [0.15, 0.2) is 0 Å². The van der Waals surface area contributed by atoms with Gasteiger partial charge in [-0.3, -0.25) is 4.79 Å². The van der Waals surface area contributed by atoms with Crippen molar-refractivity contribution in [2.45, 2.75) is 12.8 Å². The molecule has 2 rings (SSSR count). The molecule has 0 fully saturated rings. The highest BCUT2D eigenvalue weighted by molar-refractivity contribution is 5.92. The van der Waals surface area contributed by atoms with Crippen LogP contribution in [0.15, 0.2) is 48.5 Å². The highest BCUT2D eigenvalue weighted by atomic mass is 19.4. The molecule has 10 heteroatoms. The Morgan fingerprint density at radius 1 is 1.00 bits per heavy atom. The summed E-state index contributed by atoms with van der Waals surface area (Å²) in [6, 6.07) is 11.4. The number of amides is 3. The number of anilines is 1. The normalized spacial score (nSPS) is 10.9. The lowest BCUT2D eigenvalue weighted by atomic mass is 10.2. The third-order valence-electron chi connectivity index (χ3n) is 3.28. The van der Waals surface area contributed by atoms with Gasteiger partial charge in [-0.05, 0) is 29.8 Å². The number of alkyl halides is 3. The minimum atomic E-state index is -4.52. The second-order valence-electron chi connectivity index (χ2n) is 5.65. The first kappa shape index (κ1) is 21.0. The fourth-order valence-corrected chi connectivity index (χ4v) is 2.05. The van der Waals surface area contributed by atoms with Crippen molar-refractivity contribution in [2.24, 2.45) is 0 Å². The largest absolute Gasteiger partial charge is 0.489 e. The van der Waals surface area contributed by atoms with E-state index in [-0.39, 0.29) is 12.4 Å². The topological polar surface area (TPSA) is 79.5 Å². The van der Waals surface area contributed by atoms with Crippen LogP contribution in [-0.4, -0.2) is 31.2 Å². The number of carbonyl (C=O) groups excluding carboxylic acids is 2. The molecule has 0 saturated heterocycles. The fraction of sp³-hybridized carbons (Fsp3) is 0.222. The Bertz CT molecular complexity index is 828. The van der Waals surface area contributed by atoms with E-state index in [0.717, 1.165) is 0 Å². The Balaban J connectivity index is 1.80. The van der Waals surface area contributed by atoms with Crippen LogP contribution in [-0.2, 0) is 11.4 Å². The van der Waals surface area contributed by atoms with E-state index < -0.39 is 31.2 Å². The number of hydrogen-bond acceptors (Lipinski definition) is 3. The van der Waals surface area contributed by atoms with Crippen LogP contribution in [0.5, 0.6) is 5.75 Å². The maximum atomic E-state index is 13.1. The fourth-order valence-electron chi connectivity index (χ4n) is 2.05. The summed E-state index contributed by atoms with van der Waals surface area (Å²) in [5.74, 6) is -0.947. The van der Waals surface area contributed by atoms with Gasteiger partial charge >= 0.3 is 12.2 Å². The molecular formula is C18H17F4N3O3. The SMILES string of the molecule is O=C(CNC(=O)Nc1cccc(OCc2cccc(F)c2)c1)NCC(F)(F)F. The van der Waals surface area contributed by atoms with Gasteiger partial charge in [0.05, 0.1) is 6.54 Å². The number of urea groups is 1. The van der Waals surface area contributed by atoms with Crippen molar-refractivity contribution in [1.29, 1.82) is 0 Å². The standard InChI is InChI=1S/C18H17F4N3O3/c19-13-4-1-3-12(7-13)10-28-15-6-2-5-14(8-15)25-17(27)23-9-16(26)24-11-18(20,21)22/h1-8H,9-11H2,(H,24,26)(H2,23,25,27). The second kappa shape index (κ2) is 9.58. The van der Waals surface area contributed by atoms with Crippen molar-refractivity contribution in [2.75, 3.05) is 18.4 Å². The second-order valence-corrected chi connectivity index (χ2v) is 5.65. The maximum absolute atomic E-state index is 13.1. The average molecular weight is 399 g/mol. The Hall–Kier alpha value is -3.30. The number of benzene rings is 2. The van der Waals surface area contributed by atoms with E-state index in [0.29, 0.717) is 17.0 Å². The van der Waals surface area contributed by atoms with Gasteiger partial charge in [0, 0.05) is 11.8 Å². The molecule has 0 bridgehead atoms. The molecule has 2 aromatic carbocycles. The van der Waals surface area contributed by atoms with Crippen molar-refractivity contribution < 1.29 is 31.9 Å². The lowest BCUT2D eigenvalue weighted by Gasteiger charge is -2.11. The van der Waals surface area contributed by atoms with E-state index in [1.165, 1.54) is 18.2 Å². The maximum Gasteiger partial charge on any atom is 0.405 e. The van der Waals surface area contributed by atoms with Gasteiger partial charge in [0.2, 0.25) is 5.91 Å². The highest BCUT2D eigenvalue weighted by Crippen LogP contribution is 2.19. The minimum absolute atomic E-state index is 0.118. The molecule has 0 spiro atoms. The molecule has 0 aromatic heterocycles. The molecule has 0 atom stereocenters. The molecule has 2 aromatic rings. The third kappa shape index (κ3) is 7.94. The zero-order valence-corrected chi connectivity index (χ0v) is 14.5. The van der Waals surface area contributed by atoms with Crippen molar-refractivity contribution in [3.05, 3.63) is 59.9 Å². The number of nitrogens with one attached hydrogen (secondary N) is 3. The van der Waals surface area contributed by atoms with E-state index in [4.69, 9.17) is 4.74 Å². The number of rotatable bonds is 7. The van der Waals surface area contributed by atoms with Gasteiger partial charge in [-0.15, -0.1) is 0 Å². The molecule has 0 aliphatic rings. The molecule has 0 saturated carbocycles. The first-order chi connectivity index (χ1) is 13.2. The summed E-state index contributed by atoms with van der Waals surface area (Å²) in [4.78, 5) is 23.0. The summed E-state index contributed by atoms with van der Waals surface area (Å²) in [5.41, 5.74) is 0.964. The van der Waals surface area contributed by atoms with Crippen LogP contribution >= 0.6 is 0 Å². The van der Waals surface area contributed by atoms with E-state index in [1.807, 2.05) is 0 Å². The van der Waals surface area contributed by atoms with Gasteiger partial charge in [-0.1, -0.05) is 18.2 Å². The zero-order valence-electron chi connectivity index (χ0n) is 14.5. The quantitative estimate of drug-likeness (QED) is 0.626. The van der Waals surface area contributed by atoms with E-state index in [9.17, 15) is 27.2 Å². The number of halogens is 4. The minimum Gasteiger partial charge on any atom is -0.489 e. The molecular weight excluding hydrogens is 382 g/mol. The monoisotopic (exact) mass is 399 g/mol. The zero-order chi connectivity index (χ0) is 20.6. The van der Waals surface area contributed by atoms with Crippen molar-refractivity contribution in [3.63, 3.8) is 0 Å². The summed E-state index contributed by atoms with van der Waals surface area (Å²) in [6.07, 6.45) is -4.52. The summed E-state index contributed by atoms with van der Waals surface area (Å²) in [6.45, 7) is -1.97. The lowest BCUT2D eigenvalue weighted by Crippen LogP contribution is -2.42. The predicted octanol–water partition coefficient (Wildman–Crippen LogP) is 3.20. The van der Waals surface area contributed by atoms with Crippen molar-refractivity contribution in [1.82, 2.24) is 10.6 Å². The molecule has 0 heterocycles. The van der Waals surface area contributed by atoms with Gasteiger partial charge < -0.3 is 20.7 Å². The molecule has 3 N–H and O–H groups in total. The highest BCUT2D eigenvalue weighted by Gasteiger charge is 2.27. The van der Waals surface area contributed by atoms with E-state index in [2.05, 4.69) is 10.6 Å². The van der Waals surface area contributed by atoms with Crippen LogP contribution in [0.4, 0.5) is 28.0 Å². The smallest absolute Gasteiger partial charge is 0.405 e. The van der Waals surface area contributed by atoms with Crippen LogP contribution in [0.3, 0.4) is 0 Å². The summed E-state index contributed by atoms with van der Waals surface area (Å²) < 4.78 is 54.6. The molecule has 0 radical (unpaired) electrons. The Kier molecular flexibility index (Phi) is 7.19. The average Bonchev–Trinajstić information content (AvgIpc) is 2.63. The predicted molar refractivity (Wildman–Crippen MR) is 93.3 cm³/mol. The summed E-state index contributed by atoms with van der Waals surface area (Å²) >= 11 is 0. The first-order valence-electron chi connectivity index (χ1n) is 8.07. The van der Waals surface area contributed by atoms with Gasteiger partial charge in [-0.25, -0.2) is 9.18 Å². The summed E-state index contributed by atoms with van der Waals surface area (Å²) in [5, 5.41) is 6.20. The van der Waals surface area contributed by atoms with E-state index >= 15 is 0 Å². The summed E-state index contributed by atoms with van der Waals surface area (Å²) in [7, 11) is 0. The van der Waals surface area contributed by atoms with Crippen molar-refractivity contribution in [3.8, 4) is 5.75 Å². The molecule has 28 heavy (non-hydrogen) atoms. The molecule has 0 aliphatic carbocycles. The van der Waals surface area contributed by atoms with Crippen LogP contribution in [0.1, 0.15) is 5.56 Å². The number of ether oxygens (including phenoxy) is 1. The number of hydrogen-bond donors (Lipinski definition) is 3. The first-order valence-corrected chi connectivity index (χ1v) is 8.07. The van der Waals surface area contributed by atoms with Crippen LogP contribution < -0.4 is 20.7 Å². The number of carbonyl (C=O) groups is 2. The molecule has 0 unspecified atom stereocenters. The Labute approximate surface area is 157 Å². The van der Waals surface area contributed by atoms with E-state index in [1.54, 1.807) is 35.6 Å². The van der Waals surface area contributed by atoms with Crippen LogP contribution in [0.25, 0.3) is 0 Å². The third-order valence-corrected chi connectivity index (χ3v) is 3.28.